The van der Waals surface area contributed by atoms with E-state index in [2.05, 4.69) is 53.9 Å². The largest absolute Gasteiger partial charge is 0.319 e. The van der Waals surface area contributed by atoms with Gasteiger partial charge in [0.2, 0.25) is 0 Å². The lowest BCUT2D eigenvalue weighted by Gasteiger charge is -2.16. The minimum atomic E-state index is 0.566. The van der Waals surface area contributed by atoms with Gasteiger partial charge < -0.3 is 5.32 Å². The van der Waals surface area contributed by atoms with Crippen molar-refractivity contribution in [2.45, 2.75) is 32.2 Å². The predicted octanol–water partition coefficient (Wildman–Crippen LogP) is 2.84. The molecule has 0 aliphatic rings. The summed E-state index contributed by atoms with van der Waals surface area (Å²) in [6.45, 7) is 4.08. The molecule has 2 aromatic rings. The number of likely N-dealkylation sites (N-methyl/N-ethyl adjacent to an activating group) is 1. The number of aryl methyl sites for hydroxylation is 2. The summed E-state index contributed by atoms with van der Waals surface area (Å²) in [6, 6.07) is 10.8. The van der Waals surface area contributed by atoms with Crippen LogP contribution >= 0.6 is 0 Å². The Labute approximate surface area is 115 Å². The summed E-state index contributed by atoms with van der Waals surface area (Å²) in [7, 11) is 2.02. The van der Waals surface area contributed by atoms with Crippen molar-refractivity contribution in [3.8, 4) is 0 Å². The van der Waals surface area contributed by atoms with Gasteiger partial charge in [-0.05, 0) is 43.9 Å². The summed E-state index contributed by atoms with van der Waals surface area (Å²) in [5, 5.41) is 7.63. The van der Waals surface area contributed by atoms with Crippen LogP contribution in [0.2, 0.25) is 0 Å². The zero-order chi connectivity index (χ0) is 13.5. The van der Waals surface area contributed by atoms with Gasteiger partial charge in [-0.3, -0.25) is 4.68 Å². The molecule has 1 N–H and O–H groups in total. The van der Waals surface area contributed by atoms with Crippen LogP contribution in [-0.4, -0.2) is 23.4 Å². The van der Waals surface area contributed by atoms with E-state index < -0.39 is 0 Å². The van der Waals surface area contributed by atoms with Crippen molar-refractivity contribution in [1.29, 1.82) is 0 Å². The van der Waals surface area contributed by atoms with Gasteiger partial charge in [0.25, 0.3) is 0 Å². The number of nitrogens with one attached hydrogen (secondary N) is 1. The van der Waals surface area contributed by atoms with Gasteiger partial charge >= 0.3 is 0 Å². The highest BCUT2D eigenvalue weighted by Gasteiger charge is 2.11. The van der Waals surface area contributed by atoms with Gasteiger partial charge in [-0.2, -0.15) is 5.10 Å². The molecule has 0 aliphatic carbocycles. The topological polar surface area (TPSA) is 29.9 Å². The maximum absolute atomic E-state index is 4.33. The summed E-state index contributed by atoms with van der Waals surface area (Å²) in [5.41, 5.74) is 2.75. The second kappa shape index (κ2) is 7.10. The molecule has 19 heavy (non-hydrogen) atoms. The van der Waals surface area contributed by atoms with Crippen molar-refractivity contribution in [1.82, 2.24) is 15.1 Å². The van der Waals surface area contributed by atoms with E-state index in [1.807, 2.05) is 17.9 Å². The van der Waals surface area contributed by atoms with Crippen molar-refractivity contribution >= 4 is 0 Å². The quantitative estimate of drug-likeness (QED) is 0.826. The van der Waals surface area contributed by atoms with E-state index in [4.69, 9.17) is 0 Å². The molecular weight excluding hydrogens is 234 g/mol. The van der Waals surface area contributed by atoms with Gasteiger partial charge in [0, 0.05) is 19.3 Å². The molecule has 0 amide bonds. The monoisotopic (exact) mass is 257 g/mol. The van der Waals surface area contributed by atoms with Gasteiger partial charge in [0.1, 0.15) is 0 Å². The third-order valence-electron chi connectivity index (χ3n) is 3.51. The Morgan fingerprint density at radius 3 is 2.68 bits per heavy atom. The summed E-state index contributed by atoms with van der Waals surface area (Å²) in [5.74, 6) is 0.566. The van der Waals surface area contributed by atoms with Gasteiger partial charge in [-0.1, -0.05) is 30.3 Å². The maximum Gasteiger partial charge on any atom is 0.0521 e. The molecule has 1 unspecified atom stereocenters. The summed E-state index contributed by atoms with van der Waals surface area (Å²) >= 11 is 0. The SMILES string of the molecule is CCn1cc(CCC(CNC)c2ccccc2)cn1. The zero-order valence-corrected chi connectivity index (χ0v) is 11.8. The van der Waals surface area contributed by atoms with Crippen LogP contribution in [0.5, 0.6) is 0 Å². The lowest BCUT2D eigenvalue weighted by atomic mass is 9.93. The van der Waals surface area contributed by atoms with Crippen LogP contribution in [0.4, 0.5) is 0 Å². The van der Waals surface area contributed by atoms with Crippen LogP contribution in [0, 0.1) is 0 Å². The highest BCUT2D eigenvalue weighted by atomic mass is 15.3. The van der Waals surface area contributed by atoms with Gasteiger partial charge in [-0.15, -0.1) is 0 Å². The molecule has 0 saturated heterocycles. The van der Waals surface area contributed by atoms with Crippen LogP contribution in [0.25, 0.3) is 0 Å². The summed E-state index contributed by atoms with van der Waals surface area (Å²) < 4.78 is 1.99. The van der Waals surface area contributed by atoms with Crippen molar-refractivity contribution in [2.24, 2.45) is 0 Å². The molecule has 0 saturated carbocycles. The molecule has 102 valence electrons. The molecule has 0 spiro atoms. The molecule has 1 aromatic heterocycles. The summed E-state index contributed by atoms with van der Waals surface area (Å²) in [4.78, 5) is 0. The number of nitrogens with zero attached hydrogens (tertiary/aromatic N) is 2. The van der Waals surface area contributed by atoms with E-state index in [9.17, 15) is 0 Å². The van der Waals surface area contributed by atoms with Gasteiger partial charge in [0.15, 0.2) is 0 Å². The first kappa shape index (κ1) is 13.8. The van der Waals surface area contributed by atoms with Crippen LogP contribution < -0.4 is 5.32 Å². The minimum Gasteiger partial charge on any atom is -0.319 e. The Bertz CT molecular complexity index is 476. The molecule has 0 radical (unpaired) electrons. The van der Waals surface area contributed by atoms with Gasteiger partial charge in [-0.25, -0.2) is 0 Å². The Morgan fingerprint density at radius 2 is 2.05 bits per heavy atom. The molecule has 0 bridgehead atoms. The molecule has 3 nitrogen and oxygen atoms in total. The summed E-state index contributed by atoms with van der Waals surface area (Å²) in [6.07, 6.45) is 6.38. The zero-order valence-electron chi connectivity index (χ0n) is 11.8. The smallest absolute Gasteiger partial charge is 0.0521 e. The van der Waals surface area contributed by atoms with Crippen LogP contribution in [0.15, 0.2) is 42.7 Å². The van der Waals surface area contributed by atoms with E-state index in [1.165, 1.54) is 11.1 Å². The van der Waals surface area contributed by atoms with Crippen molar-refractivity contribution < 1.29 is 0 Å². The molecule has 1 atom stereocenters. The van der Waals surface area contributed by atoms with Gasteiger partial charge in [0.05, 0.1) is 6.20 Å². The highest BCUT2D eigenvalue weighted by Crippen LogP contribution is 2.20. The normalized spacial score (nSPS) is 12.5. The molecular formula is C16H23N3. The van der Waals surface area contributed by atoms with Crippen LogP contribution in [0.1, 0.15) is 30.4 Å². The molecule has 2 rings (SSSR count). The fourth-order valence-electron chi connectivity index (χ4n) is 2.41. The Morgan fingerprint density at radius 1 is 1.26 bits per heavy atom. The molecule has 0 aliphatic heterocycles. The Kier molecular flexibility index (Phi) is 5.16. The average molecular weight is 257 g/mol. The van der Waals surface area contributed by atoms with Crippen LogP contribution in [-0.2, 0) is 13.0 Å². The molecule has 1 heterocycles. The molecule has 1 aromatic carbocycles. The second-order valence-corrected chi connectivity index (χ2v) is 4.91. The Hall–Kier alpha value is -1.61. The first-order chi connectivity index (χ1) is 9.33. The number of rotatable bonds is 7. The molecule has 3 heteroatoms. The Balaban J connectivity index is 1.97. The number of aromatic nitrogens is 2. The molecule has 0 fully saturated rings. The second-order valence-electron chi connectivity index (χ2n) is 4.91. The standard InChI is InChI=1S/C16H23N3/c1-3-19-13-14(11-18-19)9-10-16(12-17-2)15-7-5-4-6-8-15/h4-8,11,13,16-17H,3,9-10,12H2,1-2H3. The van der Waals surface area contributed by atoms with E-state index in [1.54, 1.807) is 0 Å². The van der Waals surface area contributed by atoms with E-state index in [-0.39, 0.29) is 0 Å². The predicted molar refractivity (Wildman–Crippen MR) is 79.3 cm³/mol. The number of hydrogen-bond donors (Lipinski definition) is 1. The van der Waals surface area contributed by atoms with Crippen molar-refractivity contribution in [2.75, 3.05) is 13.6 Å². The first-order valence-corrected chi connectivity index (χ1v) is 7.04. The third-order valence-corrected chi connectivity index (χ3v) is 3.51. The minimum absolute atomic E-state index is 0.566. The number of hydrogen-bond acceptors (Lipinski definition) is 2. The fourth-order valence-corrected chi connectivity index (χ4v) is 2.41. The first-order valence-electron chi connectivity index (χ1n) is 7.04. The van der Waals surface area contributed by atoms with E-state index in [0.29, 0.717) is 5.92 Å². The lowest BCUT2D eigenvalue weighted by molar-refractivity contribution is 0.583. The average Bonchev–Trinajstić information content (AvgIpc) is 2.92. The van der Waals surface area contributed by atoms with Crippen LogP contribution in [0.3, 0.4) is 0 Å². The lowest BCUT2D eigenvalue weighted by Crippen LogP contribution is -2.17. The maximum atomic E-state index is 4.33. The van der Waals surface area contributed by atoms with Crippen molar-refractivity contribution in [3.05, 3.63) is 53.9 Å². The third kappa shape index (κ3) is 3.93. The number of benzene rings is 1. The fraction of sp³-hybridized carbons (Fsp3) is 0.438. The van der Waals surface area contributed by atoms with E-state index >= 15 is 0 Å². The van der Waals surface area contributed by atoms with Crippen molar-refractivity contribution in [3.63, 3.8) is 0 Å². The highest BCUT2D eigenvalue weighted by molar-refractivity contribution is 5.20. The van der Waals surface area contributed by atoms with E-state index in [0.717, 1.165) is 25.9 Å².